The highest BCUT2D eigenvalue weighted by atomic mass is 32.2. The molecule has 1 saturated heterocycles. The number of esters is 1. The van der Waals surface area contributed by atoms with Gasteiger partial charge in [-0.2, -0.15) is 4.31 Å². The number of thiophene rings is 1. The largest absolute Gasteiger partial charge is 0.462 e. The highest BCUT2D eigenvalue weighted by molar-refractivity contribution is 7.89. The minimum Gasteiger partial charge on any atom is -0.462 e. The monoisotopic (exact) mass is 505 g/mol. The van der Waals surface area contributed by atoms with Crippen LogP contribution < -0.4 is 5.32 Å². The van der Waals surface area contributed by atoms with Gasteiger partial charge in [-0.05, 0) is 70.0 Å². The molecule has 2 aromatic rings. The first-order valence-corrected chi connectivity index (χ1v) is 13.9. The first kappa shape index (κ1) is 24.8. The van der Waals surface area contributed by atoms with Crippen LogP contribution in [0.4, 0.5) is 5.00 Å². The Morgan fingerprint density at radius 2 is 1.91 bits per heavy atom. The number of ether oxygens (including phenoxy) is 1. The summed E-state index contributed by atoms with van der Waals surface area (Å²) >= 11 is 1.39. The zero-order valence-corrected chi connectivity index (χ0v) is 21.4. The molecule has 8 nitrogen and oxygen atoms in total. The average molecular weight is 506 g/mol. The number of sulfonamides is 1. The number of benzene rings is 1. The van der Waals surface area contributed by atoms with E-state index in [9.17, 15) is 18.0 Å². The van der Waals surface area contributed by atoms with Crippen LogP contribution >= 0.6 is 11.3 Å². The van der Waals surface area contributed by atoms with Crippen LogP contribution in [0.5, 0.6) is 0 Å². The van der Waals surface area contributed by atoms with E-state index in [1.54, 1.807) is 11.2 Å². The Kier molecular flexibility index (Phi) is 7.42. The Hall–Kier alpha value is -2.27. The number of fused-ring (bicyclic) bond motifs is 1. The standard InChI is InChI=1S/C24H31N3O5S2/c1-4-32-24(29)21-19-12-14-26(3)15-20(19)33-23(21)25-22(28)17-8-10-18(11-9-17)34(30,31)27-13-6-5-7-16(27)2/h8-11,16H,4-7,12-15H2,1-3H3,(H,25,28). The molecule has 4 rings (SSSR count). The van der Waals surface area contributed by atoms with Crippen molar-refractivity contribution < 1.29 is 22.7 Å². The maximum atomic E-state index is 13.1. The highest BCUT2D eigenvalue weighted by Gasteiger charge is 2.31. The second-order valence-corrected chi connectivity index (χ2v) is 11.9. The van der Waals surface area contributed by atoms with E-state index in [0.29, 0.717) is 35.6 Å². The fraction of sp³-hybridized carbons (Fsp3) is 0.500. The molecular formula is C24H31N3O5S2. The van der Waals surface area contributed by atoms with Gasteiger partial charge in [-0.15, -0.1) is 11.3 Å². The molecule has 2 aliphatic rings. The van der Waals surface area contributed by atoms with Gasteiger partial charge in [-0.1, -0.05) is 6.42 Å². The normalized spacial score (nSPS) is 19.4. The molecule has 3 heterocycles. The Morgan fingerprint density at radius 1 is 1.18 bits per heavy atom. The lowest BCUT2D eigenvalue weighted by Gasteiger charge is -2.32. The van der Waals surface area contributed by atoms with Gasteiger partial charge >= 0.3 is 5.97 Å². The average Bonchev–Trinajstić information content (AvgIpc) is 3.16. The number of nitrogens with zero attached hydrogens (tertiary/aromatic N) is 2. The summed E-state index contributed by atoms with van der Waals surface area (Å²) in [5.74, 6) is -0.829. The summed E-state index contributed by atoms with van der Waals surface area (Å²) in [6, 6.07) is 5.95. The molecule has 1 N–H and O–H groups in total. The van der Waals surface area contributed by atoms with E-state index < -0.39 is 21.9 Å². The number of carbonyl (C=O) groups excluding carboxylic acids is 2. The quantitative estimate of drug-likeness (QED) is 0.601. The Morgan fingerprint density at radius 3 is 2.59 bits per heavy atom. The van der Waals surface area contributed by atoms with Crippen molar-refractivity contribution in [3.05, 3.63) is 45.8 Å². The number of hydrogen-bond acceptors (Lipinski definition) is 7. The maximum Gasteiger partial charge on any atom is 0.341 e. The summed E-state index contributed by atoms with van der Waals surface area (Å²) in [5.41, 5.74) is 1.69. The number of piperidine rings is 1. The van der Waals surface area contributed by atoms with Gasteiger partial charge < -0.3 is 15.0 Å². The zero-order chi connectivity index (χ0) is 24.5. The number of anilines is 1. The summed E-state index contributed by atoms with van der Waals surface area (Å²) in [4.78, 5) is 29.1. The smallest absolute Gasteiger partial charge is 0.341 e. The molecule has 1 fully saturated rings. The Balaban J connectivity index is 1.56. The van der Waals surface area contributed by atoms with Crippen molar-refractivity contribution in [2.45, 2.75) is 57.0 Å². The third kappa shape index (κ3) is 4.91. The predicted octanol–water partition coefficient (Wildman–Crippen LogP) is 3.73. The first-order chi connectivity index (χ1) is 16.2. The van der Waals surface area contributed by atoms with Gasteiger partial charge in [-0.25, -0.2) is 13.2 Å². The van der Waals surface area contributed by atoms with Gasteiger partial charge in [0.15, 0.2) is 0 Å². The number of rotatable bonds is 6. The third-order valence-corrected chi connectivity index (χ3v) is 9.58. The number of hydrogen-bond donors (Lipinski definition) is 1. The van der Waals surface area contributed by atoms with Crippen molar-refractivity contribution in [3.63, 3.8) is 0 Å². The lowest BCUT2D eigenvalue weighted by Crippen LogP contribution is -2.41. The molecule has 34 heavy (non-hydrogen) atoms. The number of likely N-dealkylation sites (N-methyl/N-ethyl adjacent to an activating group) is 1. The molecule has 0 aliphatic carbocycles. The van der Waals surface area contributed by atoms with E-state index in [0.717, 1.165) is 36.2 Å². The van der Waals surface area contributed by atoms with Crippen LogP contribution in [0, 0.1) is 0 Å². The number of carbonyl (C=O) groups is 2. The summed E-state index contributed by atoms with van der Waals surface area (Å²) in [7, 11) is -1.59. The van der Waals surface area contributed by atoms with Crippen LogP contribution in [-0.2, 0) is 27.7 Å². The highest BCUT2D eigenvalue weighted by Crippen LogP contribution is 2.37. The molecule has 0 spiro atoms. The summed E-state index contributed by atoms with van der Waals surface area (Å²) in [5, 5.41) is 3.34. The maximum absolute atomic E-state index is 13.1. The minimum atomic E-state index is -3.61. The molecule has 0 bridgehead atoms. The summed E-state index contributed by atoms with van der Waals surface area (Å²) < 4.78 is 32.9. The van der Waals surface area contributed by atoms with Crippen LogP contribution in [-0.4, -0.2) is 62.3 Å². The van der Waals surface area contributed by atoms with Crippen LogP contribution in [0.2, 0.25) is 0 Å². The number of amides is 1. The number of nitrogens with one attached hydrogen (secondary N) is 1. The topological polar surface area (TPSA) is 96.0 Å². The van der Waals surface area contributed by atoms with E-state index in [1.807, 2.05) is 14.0 Å². The Labute approximate surface area is 204 Å². The van der Waals surface area contributed by atoms with Gasteiger partial charge in [-0.3, -0.25) is 4.79 Å². The van der Waals surface area contributed by atoms with Gasteiger partial charge in [0.1, 0.15) is 5.00 Å². The summed E-state index contributed by atoms with van der Waals surface area (Å²) in [6.07, 6.45) is 3.45. The fourth-order valence-corrected chi connectivity index (χ4v) is 7.57. The lowest BCUT2D eigenvalue weighted by atomic mass is 10.0. The van der Waals surface area contributed by atoms with Gasteiger partial charge in [0.25, 0.3) is 5.91 Å². The van der Waals surface area contributed by atoms with Crippen LogP contribution in [0.3, 0.4) is 0 Å². The molecule has 1 atom stereocenters. The van der Waals surface area contributed by atoms with E-state index in [4.69, 9.17) is 4.74 Å². The molecule has 2 aliphatic heterocycles. The zero-order valence-electron chi connectivity index (χ0n) is 19.8. The van der Waals surface area contributed by atoms with Crippen molar-refractivity contribution in [3.8, 4) is 0 Å². The lowest BCUT2D eigenvalue weighted by molar-refractivity contribution is 0.0526. The molecule has 0 saturated carbocycles. The molecule has 10 heteroatoms. The molecule has 0 radical (unpaired) electrons. The SMILES string of the molecule is CCOC(=O)c1c(NC(=O)c2ccc(S(=O)(=O)N3CCCCC3C)cc2)sc2c1CCN(C)C2. The molecule has 1 aromatic heterocycles. The van der Waals surface area contributed by atoms with E-state index in [1.165, 1.54) is 35.6 Å². The van der Waals surface area contributed by atoms with Gasteiger partial charge in [0.05, 0.1) is 17.1 Å². The Bertz CT molecular complexity index is 1170. The third-order valence-electron chi connectivity index (χ3n) is 6.42. The van der Waals surface area contributed by atoms with Crippen LogP contribution in [0.15, 0.2) is 29.2 Å². The van der Waals surface area contributed by atoms with E-state index >= 15 is 0 Å². The predicted molar refractivity (Wildman–Crippen MR) is 132 cm³/mol. The van der Waals surface area contributed by atoms with Crippen molar-refractivity contribution in [1.82, 2.24) is 9.21 Å². The van der Waals surface area contributed by atoms with Gasteiger partial charge in [0, 0.05) is 36.1 Å². The van der Waals surface area contributed by atoms with Crippen molar-refractivity contribution >= 4 is 38.2 Å². The van der Waals surface area contributed by atoms with Crippen LogP contribution in [0.1, 0.15) is 64.3 Å². The minimum absolute atomic E-state index is 0.0353. The second-order valence-electron chi connectivity index (χ2n) is 8.86. The van der Waals surface area contributed by atoms with Crippen molar-refractivity contribution in [2.75, 3.05) is 32.1 Å². The first-order valence-electron chi connectivity index (χ1n) is 11.7. The van der Waals surface area contributed by atoms with E-state index in [-0.39, 0.29) is 17.5 Å². The van der Waals surface area contributed by atoms with Crippen molar-refractivity contribution in [2.24, 2.45) is 0 Å². The van der Waals surface area contributed by atoms with Crippen LogP contribution in [0.25, 0.3) is 0 Å². The van der Waals surface area contributed by atoms with E-state index in [2.05, 4.69) is 10.2 Å². The molecular weight excluding hydrogens is 474 g/mol. The molecule has 184 valence electrons. The van der Waals surface area contributed by atoms with Gasteiger partial charge in [0.2, 0.25) is 10.0 Å². The molecule has 1 amide bonds. The summed E-state index contributed by atoms with van der Waals surface area (Å²) in [6.45, 7) is 5.99. The second kappa shape index (κ2) is 10.2. The fourth-order valence-electron chi connectivity index (χ4n) is 4.56. The van der Waals surface area contributed by atoms with Crippen molar-refractivity contribution in [1.29, 1.82) is 0 Å². The molecule has 1 unspecified atom stereocenters. The molecule has 1 aromatic carbocycles.